The van der Waals surface area contributed by atoms with Crippen molar-refractivity contribution in [1.82, 2.24) is 15.2 Å². The molecule has 0 bridgehead atoms. The molecule has 1 fully saturated rings. The minimum Gasteiger partial charge on any atom is -0.494 e. The van der Waals surface area contributed by atoms with Crippen molar-refractivity contribution in [3.63, 3.8) is 0 Å². The van der Waals surface area contributed by atoms with Crippen LogP contribution in [0.4, 0.5) is 4.39 Å². The van der Waals surface area contributed by atoms with E-state index in [4.69, 9.17) is 14.5 Å². The Morgan fingerprint density at radius 2 is 1.92 bits per heavy atom. The molecule has 1 aliphatic rings. The molecule has 1 aromatic heterocycles. The molecule has 1 saturated heterocycles. The lowest BCUT2D eigenvalue weighted by Gasteiger charge is -2.26. The molecule has 3 aromatic rings. The quantitative estimate of drug-likeness (QED) is 0.385. The monoisotopic (exact) mass is 493 g/mol. The summed E-state index contributed by atoms with van der Waals surface area (Å²) in [4.78, 5) is 20.0. The topological polar surface area (TPSA) is 63.7 Å². The molecule has 4 rings (SSSR count). The van der Waals surface area contributed by atoms with Gasteiger partial charge in [-0.05, 0) is 94.2 Å². The van der Waals surface area contributed by atoms with E-state index >= 15 is 0 Å². The van der Waals surface area contributed by atoms with E-state index in [9.17, 15) is 9.18 Å². The third-order valence-corrected chi connectivity index (χ3v) is 6.43. The van der Waals surface area contributed by atoms with Gasteiger partial charge in [-0.3, -0.25) is 4.79 Å². The van der Waals surface area contributed by atoms with Crippen molar-refractivity contribution in [1.29, 1.82) is 0 Å². The maximum Gasteiger partial charge on any atom is 0.224 e. The number of amides is 1. The van der Waals surface area contributed by atoms with Crippen LogP contribution in [0.3, 0.4) is 0 Å². The van der Waals surface area contributed by atoms with Gasteiger partial charge >= 0.3 is 0 Å². The van der Waals surface area contributed by atoms with Crippen LogP contribution in [-0.4, -0.2) is 55.2 Å². The number of nitrogens with one attached hydrogen (secondary N) is 1. The molecule has 1 aliphatic heterocycles. The number of aromatic nitrogens is 1. The second kappa shape index (κ2) is 12.2. The van der Waals surface area contributed by atoms with E-state index in [0.717, 1.165) is 35.2 Å². The molecule has 1 amide bonds. The van der Waals surface area contributed by atoms with Gasteiger partial charge in [0.15, 0.2) is 11.6 Å². The smallest absolute Gasteiger partial charge is 0.224 e. The Morgan fingerprint density at radius 1 is 1.11 bits per heavy atom. The number of hydrogen-bond acceptors (Lipinski definition) is 5. The van der Waals surface area contributed by atoms with Crippen molar-refractivity contribution >= 4 is 16.8 Å². The van der Waals surface area contributed by atoms with Crippen LogP contribution >= 0.6 is 0 Å². The maximum absolute atomic E-state index is 14.0. The average Bonchev–Trinajstić information content (AvgIpc) is 2.86. The molecular formula is C29H36FN3O3. The first-order valence-corrected chi connectivity index (χ1v) is 12.8. The number of nitrogens with zero attached hydrogens (tertiary/aromatic N) is 2. The number of carbonyl (C=O) groups is 1. The zero-order chi connectivity index (χ0) is 25.5. The summed E-state index contributed by atoms with van der Waals surface area (Å²) >= 11 is 0. The molecule has 2 aromatic carbocycles. The highest BCUT2D eigenvalue weighted by molar-refractivity contribution is 5.88. The molecule has 0 aliphatic carbocycles. The van der Waals surface area contributed by atoms with E-state index < -0.39 is 5.82 Å². The second-order valence-electron chi connectivity index (χ2n) is 9.70. The zero-order valence-electron chi connectivity index (χ0n) is 21.5. The first kappa shape index (κ1) is 25.9. The Morgan fingerprint density at radius 3 is 2.67 bits per heavy atom. The Hall–Kier alpha value is -3.19. The summed E-state index contributed by atoms with van der Waals surface area (Å²) in [6.45, 7) is 7.96. The summed E-state index contributed by atoms with van der Waals surface area (Å²) < 4.78 is 25.3. The van der Waals surface area contributed by atoms with Gasteiger partial charge in [-0.25, -0.2) is 9.37 Å². The van der Waals surface area contributed by atoms with Gasteiger partial charge in [0.25, 0.3) is 0 Å². The highest BCUT2D eigenvalue weighted by atomic mass is 19.1. The van der Waals surface area contributed by atoms with Crippen LogP contribution in [0.15, 0.2) is 42.5 Å². The summed E-state index contributed by atoms with van der Waals surface area (Å²) in [7, 11) is 1.43. The molecule has 0 saturated carbocycles. The summed E-state index contributed by atoms with van der Waals surface area (Å²) in [5, 5.41) is 3.84. The third kappa shape index (κ3) is 6.72. The summed E-state index contributed by atoms with van der Waals surface area (Å²) in [6, 6.07) is 12.5. The molecule has 0 spiro atoms. The lowest BCUT2D eigenvalue weighted by Crippen LogP contribution is -2.31. The number of benzene rings is 2. The number of methoxy groups -OCH3 is 1. The molecule has 192 valence electrons. The van der Waals surface area contributed by atoms with E-state index in [0.29, 0.717) is 17.9 Å². The maximum atomic E-state index is 14.0. The van der Waals surface area contributed by atoms with Gasteiger partial charge in [0.2, 0.25) is 5.91 Å². The fourth-order valence-corrected chi connectivity index (χ4v) is 4.69. The van der Waals surface area contributed by atoms with Gasteiger partial charge in [0.05, 0.1) is 31.3 Å². The minimum atomic E-state index is -0.441. The number of halogens is 1. The molecule has 0 radical (unpaired) electrons. The Labute approximate surface area is 212 Å². The van der Waals surface area contributed by atoms with E-state index in [2.05, 4.69) is 10.2 Å². The second-order valence-corrected chi connectivity index (χ2v) is 9.70. The van der Waals surface area contributed by atoms with Crippen LogP contribution in [0, 0.1) is 5.82 Å². The Kier molecular flexibility index (Phi) is 8.75. The van der Waals surface area contributed by atoms with Crippen LogP contribution in [0.5, 0.6) is 11.5 Å². The Balaban J connectivity index is 1.57. The predicted octanol–water partition coefficient (Wildman–Crippen LogP) is 5.37. The van der Waals surface area contributed by atoms with Gasteiger partial charge in [-0.15, -0.1) is 0 Å². The molecule has 6 nitrogen and oxygen atoms in total. The van der Waals surface area contributed by atoms with E-state index in [1.165, 1.54) is 45.5 Å². The van der Waals surface area contributed by atoms with E-state index in [-0.39, 0.29) is 24.1 Å². The first-order chi connectivity index (χ1) is 17.4. The van der Waals surface area contributed by atoms with Crippen molar-refractivity contribution in [3.05, 3.63) is 53.8 Å². The molecular weight excluding hydrogens is 457 g/mol. The molecule has 0 unspecified atom stereocenters. The van der Waals surface area contributed by atoms with Crippen molar-refractivity contribution < 1.29 is 18.7 Å². The number of ether oxygens (including phenoxy) is 2. The van der Waals surface area contributed by atoms with Crippen LogP contribution < -0.4 is 14.8 Å². The summed E-state index contributed by atoms with van der Waals surface area (Å²) in [5.41, 5.74) is 2.87. The van der Waals surface area contributed by atoms with Gasteiger partial charge < -0.3 is 19.7 Å². The number of hydrogen-bond donors (Lipinski definition) is 1. The van der Waals surface area contributed by atoms with Crippen molar-refractivity contribution in [2.24, 2.45) is 0 Å². The summed E-state index contributed by atoms with van der Waals surface area (Å²) in [5.74, 6) is 0.395. The predicted molar refractivity (Wildman–Crippen MR) is 141 cm³/mol. The normalized spacial score (nSPS) is 14.2. The van der Waals surface area contributed by atoms with Gasteiger partial charge in [-0.1, -0.05) is 6.42 Å². The van der Waals surface area contributed by atoms with Gasteiger partial charge in [0, 0.05) is 23.5 Å². The number of rotatable bonds is 10. The molecule has 36 heavy (non-hydrogen) atoms. The standard InChI is InChI=1S/C29H36FN3O3/c1-20(2)31-28(34)19-23-16-22-17-24(36-15-7-14-33-12-5-4-6-13-33)9-11-26(22)32-29(23)21-8-10-25(30)27(18-21)35-3/h8-11,16-18,20H,4-7,12-15,19H2,1-3H3,(H,31,34). The molecule has 1 N–H and O–H groups in total. The number of pyridine rings is 1. The number of piperidine rings is 1. The van der Waals surface area contributed by atoms with Gasteiger partial charge in [-0.2, -0.15) is 0 Å². The molecule has 2 heterocycles. The van der Waals surface area contributed by atoms with Gasteiger partial charge in [0.1, 0.15) is 5.75 Å². The van der Waals surface area contributed by atoms with E-state index in [1.807, 2.05) is 38.1 Å². The number of fused-ring (bicyclic) bond motifs is 1. The SMILES string of the molecule is COc1cc(-c2nc3ccc(OCCCN4CCCCC4)cc3cc2CC(=O)NC(C)C)ccc1F. The zero-order valence-corrected chi connectivity index (χ0v) is 21.5. The van der Waals surface area contributed by atoms with Crippen LogP contribution in [0.1, 0.15) is 45.1 Å². The highest BCUT2D eigenvalue weighted by Gasteiger charge is 2.16. The number of carbonyl (C=O) groups excluding carboxylic acids is 1. The number of likely N-dealkylation sites (tertiary alicyclic amines) is 1. The van der Waals surface area contributed by atoms with E-state index in [1.54, 1.807) is 12.1 Å². The van der Waals surface area contributed by atoms with Crippen LogP contribution in [-0.2, 0) is 11.2 Å². The van der Waals surface area contributed by atoms with Crippen LogP contribution in [0.25, 0.3) is 22.2 Å². The molecule has 7 heteroatoms. The largest absolute Gasteiger partial charge is 0.494 e. The highest BCUT2D eigenvalue weighted by Crippen LogP contribution is 2.31. The lowest BCUT2D eigenvalue weighted by molar-refractivity contribution is -0.120. The fourth-order valence-electron chi connectivity index (χ4n) is 4.69. The Bertz CT molecular complexity index is 1190. The average molecular weight is 494 g/mol. The first-order valence-electron chi connectivity index (χ1n) is 12.8. The minimum absolute atomic E-state index is 0.0326. The van der Waals surface area contributed by atoms with Crippen molar-refractivity contribution in [3.8, 4) is 22.8 Å². The summed E-state index contributed by atoms with van der Waals surface area (Å²) in [6.07, 6.45) is 5.08. The van der Waals surface area contributed by atoms with Crippen molar-refractivity contribution in [2.45, 2.75) is 52.0 Å². The third-order valence-electron chi connectivity index (χ3n) is 6.43. The lowest BCUT2D eigenvalue weighted by atomic mass is 10.00. The molecule has 0 atom stereocenters. The fraction of sp³-hybridized carbons (Fsp3) is 0.448. The van der Waals surface area contributed by atoms with Crippen molar-refractivity contribution in [2.75, 3.05) is 33.4 Å². The van der Waals surface area contributed by atoms with Crippen LogP contribution in [0.2, 0.25) is 0 Å².